The van der Waals surface area contributed by atoms with Gasteiger partial charge in [0, 0.05) is 25.4 Å². The second kappa shape index (κ2) is 9.13. The van der Waals surface area contributed by atoms with Gasteiger partial charge in [0.1, 0.15) is 18.2 Å². The zero-order valence-electron chi connectivity index (χ0n) is 18.5. The summed E-state index contributed by atoms with van der Waals surface area (Å²) in [6.07, 6.45) is 5.84. The van der Waals surface area contributed by atoms with Gasteiger partial charge in [-0.2, -0.15) is 0 Å². The minimum atomic E-state index is -0.0321. The van der Waals surface area contributed by atoms with Crippen molar-refractivity contribution < 1.29 is 9.47 Å². The number of hydrogen-bond donors (Lipinski definition) is 1. The number of aromatic nitrogens is 2. The van der Waals surface area contributed by atoms with Crippen molar-refractivity contribution in [2.24, 2.45) is 0 Å². The van der Waals surface area contributed by atoms with E-state index in [9.17, 15) is 4.79 Å². The van der Waals surface area contributed by atoms with Gasteiger partial charge < -0.3 is 14.8 Å². The van der Waals surface area contributed by atoms with E-state index in [-0.39, 0.29) is 11.7 Å². The molecule has 0 spiro atoms. The number of anilines is 1. The highest BCUT2D eigenvalue weighted by Gasteiger charge is 2.24. The van der Waals surface area contributed by atoms with Crippen molar-refractivity contribution in [2.75, 3.05) is 50.5 Å². The predicted octanol–water partition coefficient (Wildman–Crippen LogP) is 3.19. The Morgan fingerprint density at radius 1 is 1.34 bits per heavy atom. The monoisotopic (exact) mass is 452 g/mol. The predicted molar refractivity (Wildman–Crippen MR) is 128 cm³/mol. The summed E-state index contributed by atoms with van der Waals surface area (Å²) in [5.74, 6) is 1.61. The molecule has 1 saturated heterocycles. The van der Waals surface area contributed by atoms with Crippen molar-refractivity contribution >= 4 is 23.5 Å². The normalized spacial score (nSPS) is 21.1. The van der Waals surface area contributed by atoms with Crippen LogP contribution in [0, 0.1) is 0 Å². The number of benzene rings is 1. The Balaban J connectivity index is 1.36. The van der Waals surface area contributed by atoms with Gasteiger partial charge in [-0.15, -0.1) is 11.8 Å². The van der Waals surface area contributed by atoms with E-state index in [1.165, 1.54) is 11.1 Å². The van der Waals surface area contributed by atoms with Crippen molar-refractivity contribution in [3.05, 3.63) is 57.8 Å². The van der Waals surface area contributed by atoms with E-state index in [2.05, 4.69) is 28.2 Å². The van der Waals surface area contributed by atoms with Crippen molar-refractivity contribution in [3.8, 4) is 11.4 Å². The van der Waals surface area contributed by atoms with Crippen molar-refractivity contribution in [2.45, 2.75) is 24.8 Å². The summed E-state index contributed by atoms with van der Waals surface area (Å²) in [6.45, 7) is 9.20. The van der Waals surface area contributed by atoms with Crippen molar-refractivity contribution in [1.82, 2.24) is 14.5 Å². The molecule has 168 valence electrons. The fraction of sp³-hybridized carbons (Fsp3) is 0.417. The molecule has 0 amide bonds. The molecule has 0 radical (unpaired) electrons. The smallest absolute Gasteiger partial charge is 0.272 e. The topological polar surface area (TPSA) is 68.6 Å². The Bertz CT molecular complexity index is 1130. The van der Waals surface area contributed by atoms with Gasteiger partial charge in [0.25, 0.3) is 5.56 Å². The number of morpholine rings is 1. The Kier molecular flexibility index (Phi) is 6.08. The third-order valence-corrected chi connectivity index (χ3v) is 7.33. The molecule has 2 aromatic rings. The number of nitrogens with one attached hydrogen (secondary N) is 1. The highest BCUT2D eigenvalue weighted by atomic mass is 32.2. The lowest BCUT2D eigenvalue weighted by molar-refractivity contribution is 0.0203. The third kappa shape index (κ3) is 4.22. The first kappa shape index (κ1) is 21.3. The Hall–Kier alpha value is -2.55. The second-order valence-electron chi connectivity index (χ2n) is 8.28. The molecule has 0 saturated carbocycles. The average molecular weight is 453 g/mol. The van der Waals surface area contributed by atoms with E-state index >= 15 is 0 Å². The average Bonchev–Trinajstić information content (AvgIpc) is 2.84. The summed E-state index contributed by atoms with van der Waals surface area (Å²) in [4.78, 5) is 20.9. The van der Waals surface area contributed by atoms with E-state index in [0.29, 0.717) is 4.90 Å². The van der Waals surface area contributed by atoms with E-state index in [1.807, 2.05) is 31.2 Å². The fourth-order valence-electron chi connectivity index (χ4n) is 4.17. The molecule has 1 unspecified atom stereocenters. The van der Waals surface area contributed by atoms with E-state index in [1.54, 1.807) is 22.7 Å². The van der Waals surface area contributed by atoms with Gasteiger partial charge in [-0.05, 0) is 43.7 Å². The number of nitrogens with zero attached hydrogens (tertiary/aromatic N) is 3. The molecule has 0 bridgehead atoms. The number of rotatable bonds is 4. The van der Waals surface area contributed by atoms with Gasteiger partial charge in [-0.3, -0.25) is 14.3 Å². The third-order valence-electron chi connectivity index (χ3n) is 6.20. The standard InChI is InChI=1S/C24H28N4O3S/c1-3-16(2)17-10-21-23(32-14-17)24(29)28(15-26-21)18-4-5-22-20(11-18)25-12-19(31-22)13-27-6-8-30-9-7-27/h3-5,10-11,15,19,25H,6-9,12-14H2,1-2H3/b16-3+. The molecule has 1 fully saturated rings. The molecule has 32 heavy (non-hydrogen) atoms. The number of thioether (sulfide) groups is 1. The maximum atomic E-state index is 13.2. The van der Waals surface area contributed by atoms with Crippen LogP contribution in [-0.2, 0) is 4.74 Å². The maximum absolute atomic E-state index is 13.2. The SMILES string of the molecule is C/C=C(\C)C1=Cc2ncn(-c3ccc4c(c3)NCC(CN3CCOCC3)O4)c(=O)c2SC1. The molecule has 1 atom stereocenters. The molecule has 8 heteroatoms. The van der Waals surface area contributed by atoms with E-state index in [4.69, 9.17) is 9.47 Å². The molecule has 0 aliphatic carbocycles. The number of hydrogen-bond acceptors (Lipinski definition) is 7. The summed E-state index contributed by atoms with van der Waals surface area (Å²) < 4.78 is 13.3. The molecule has 3 aliphatic heterocycles. The molecule has 1 aromatic carbocycles. The van der Waals surface area contributed by atoms with Crippen LogP contribution in [0.1, 0.15) is 19.5 Å². The number of allylic oxidation sites excluding steroid dienone is 2. The fourth-order valence-corrected chi connectivity index (χ4v) is 5.26. The minimum Gasteiger partial charge on any atom is -0.485 e. The van der Waals surface area contributed by atoms with Gasteiger partial charge in [0.05, 0.1) is 41.7 Å². The number of fused-ring (bicyclic) bond motifs is 2. The zero-order valence-corrected chi connectivity index (χ0v) is 19.3. The first-order valence-corrected chi connectivity index (χ1v) is 12.0. The van der Waals surface area contributed by atoms with Crippen LogP contribution in [0.25, 0.3) is 11.8 Å². The van der Waals surface area contributed by atoms with Gasteiger partial charge in [-0.25, -0.2) is 4.98 Å². The molecule has 1 aromatic heterocycles. The molecule has 7 nitrogen and oxygen atoms in total. The lowest BCUT2D eigenvalue weighted by Gasteiger charge is -2.33. The van der Waals surface area contributed by atoms with Gasteiger partial charge >= 0.3 is 0 Å². The highest BCUT2D eigenvalue weighted by molar-refractivity contribution is 7.99. The molecular weight excluding hydrogens is 424 g/mol. The van der Waals surface area contributed by atoms with Crippen LogP contribution in [0.5, 0.6) is 5.75 Å². The molecule has 3 aliphatic rings. The molecule has 1 N–H and O–H groups in total. The second-order valence-corrected chi connectivity index (χ2v) is 9.26. The summed E-state index contributed by atoms with van der Waals surface area (Å²) in [5, 5.41) is 3.48. The largest absolute Gasteiger partial charge is 0.485 e. The quantitative estimate of drug-likeness (QED) is 0.764. The molecular formula is C24H28N4O3S. The van der Waals surface area contributed by atoms with Crippen LogP contribution in [-0.4, -0.2) is 65.7 Å². The van der Waals surface area contributed by atoms with Crippen LogP contribution in [0.3, 0.4) is 0 Å². The zero-order chi connectivity index (χ0) is 22.1. The first-order chi connectivity index (χ1) is 15.6. The van der Waals surface area contributed by atoms with Crippen molar-refractivity contribution in [3.63, 3.8) is 0 Å². The summed E-state index contributed by atoms with van der Waals surface area (Å²) in [7, 11) is 0. The number of ether oxygens (including phenoxy) is 2. The van der Waals surface area contributed by atoms with E-state index < -0.39 is 0 Å². The highest BCUT2D eigenvalue weighted by Crippen LogP contribution is 2.33. The van der Waals surface area contributed by atoms with Gasteiger partial charge in [-0.1, -0.05) is 11.6 Å². The van der Waals surface area contributed by atoms with Crippen LogP contribution in [0.2, 0.25) is 0 Å². The van der Waals surface area contributed by atoms with Gasteiger partial charge in [0.15, 0.2) is 0 Å². The summed E-state index contributed by atoms with van der Waals surface area (Å²) in [6, 6.07) is 5.83. The molecule has 4 heterocycles. The maximum Gasteiger partial charge on any atom is 0.272 e. The Morgan fingerprint density at radius 3 is 3.00 bits per heavy atom. The Morgan fingerprint density at radius 2 is 2.19 bits per heavy atom. The van der Waals surface area contributed by atoms with Crippen molar-refractivity contribution in [1.29, 1.82) is 0 Å². The summed E-state index contributed by atoms with van der Waals surface area (Å²) in [5.41, 5.74) is 4.85. The minimum absolute atomic E-state index is 0.0321. The van der Waals surface area contributed by atoms with E-state index in [0.717, 1.165) is 68.0 Å². The lowest BCUT2D eigenvalue weighted by atomic mass is 10.1. The molecule has 5 rings (SSSR count). The Labute approximate surface area is 192 Å². The van der Waals surface area contributed by atoms with Gasteiger partial charge in [0.2, 0.25) is 0 Å². The lowest BCUT2D eigenvalue weighted by Crippen LogP contribution is -2.46. The van der Waals surface area contributed by atoms with Crippen LogP contribution < -0.4 is 15.6 Å². The van der Waals surface area contributed by atoms with Crippen LogP contribution in [0.15, 0.2) is 51.4 Å². The van der Waals surface area contributed by atoms with Crippen LogP contribution >= 0.6 is 11.8 Å². The summed E-state index contributed by atoms with van der Waals surface area (Å²) >= 11 is 1.56. The first-order valence-electron chi connectivity index (χ1n) is 11.1. The van der Waals surface area contributed by atoms with Crippen LogP contribution in [0.4, 0.5) is 5.69 Å².